The van der Waals surface area contributed by atoms with Gasteiger partial charge in [0, 0.05) is 42.6 Å². The van der Waals surface area contributed by atoms with E-state index >= 15 is 0 Å². The van der Waals surface area contributed by atoms with Crippen molar-refractivity contribution >= 4 is 21.9 Å². The smallest absolute Gasteiger partial charge is 0.194 e. The van der Waals surface area contributed by atoms with Crippen molar-refractivity contribution in [1.29, 1.82) is 0 Å². The lowest BCUT2D eigenvalue weighted by Gasteiger charge is -2.22. The molecule has 126 valence electrons. The molecule has 2 aromatic rings. The van der Waals surface area contributed by atoms with Crippen LogP contribution in [0.4, 0.5) is 0 Å². The van der Waals surface area contributed by atoms with Gasteiger partial charge in [0.05, 0.1) is 18.8 Å². The van der Waals surface area contributed by atoms with E-state index in [4.69, 9.17) is 9.52 Å². The van der Waals surface area contributed by atoms with Crippen LogP contribution in [0.1, 0.15) is 29.6 Å². The molecule has 0 atom stereocenters. The summed E-state index contributed by atoms with van der Waals surface area (Å²) in [5.74, 6) is 1.70. The fraction of sp³-hybridized carbons (Fsp3) is 0.500. The van der Waals surface area contributed by atoms with Gasteiger partial charge in [0.15, 0.2) is 5.96 Å². The van der Waals surface area contributed by atoms with Crippen molar-refractivity contribution in [2.24, 2.45) is 12.0 Å². The quantitative estimate of drug-likeness (QED) is 0.638. The van der Waals surface area contributed by atoms with Gasteiger partial charge in [0.1, 0.15) is 5.76 Å². The molecular weight excluding hydrogens is 358 g/mol. The van der Waals surface area contributed by atoms with E-state index in [9.17, 15) is 0 Å². The van der Waals surface area contributed by atoms with E-state index in [0.29, 0.717) is 6.54 Å². The molecule has 6 nitrogen and oxygen atoms in total. The van der Waals surface area contributed by atoms with Crippen molar-refractivity contribution < 1.29 is 4.52 Å². The minimum Gasteiger partial charge on any atom is -0.361 e. The van der Waals surface area contributed by atoms with Crippen LogP contribution in [-0.4, -0.2) is 34.2 Å². The summed E-state index contributed by atoms with van der Waals surface area (Å²) in [6.45, 7) is 8.09. The van der Waals surface area contributed by atoms with E-state index in [0.717, 1.165) is 40.5 Å². The molecule has 0 aliphatic heterocycles. The van der Waals surface area contributed by atoms with Crippen molar-refractivity contribution in [2.75, 3.05) is 13.6 Å². The molecule has 2 rings (SSSR count). The van der Waals surface area contributed by atoms with Gasteiger partial charge < -0.3 is 19.3 Å². The number of rotatable bonds is 5. The van der Waals surface area contributed by atoms with E-state index < -0.39 is 0 Å². The number of hydrogen-bond acceptors (Lipinski definition) is 3. The van der Waals surface area contributed by atoms with Crippen LogP contribution < -0.4 is 5.32 Å². The number of nitrogens with zero attached hydrogens (tertiary/aromatic N) is 4. The van der Waals surface area contributed by atoms with Gasteiger partial charge in [-0.3, -0.25) is 0 Å². The lowest BCUT2D eigenvalue weighted by molar-refractivity contribution is 0.392. The molecule has 23 heavy (non-hydrogen) atoms. The summed E-state index contributed by atoms with van der Waals surface area (Å²) in [7, 11) is 4.08. The molecule has 0 bridgehead atoms. The first-order valence-electron chi connectivity index (χ1n) is 7.64. The predicted octanol–water partition coefficient (Wildman–Crippen LogP) is 2.99. The Morgan fingerprint density at radius 2 is 2.22 bits per heavy atom. The fourth-order valence-corrected chi connectivity index (χ4v) is 2.96. The molecule has 0 aliphatic rings. The highest BCUT2D eigenvalue weighted by Crippen LogP contribution is 2.16. The van der Waals surface area contributed by atoms with Gasteiger partial charge in [0.25, 0.3) is 0 Å². The van der Waals surface area contributed by atoms with E-state index in [1.807, 2.05) is 27.9 Å². The Morgan fingerprint density at radius 1 is 1.48 bits per heavy atom. The van der Waals surface area contributed by atoms with Crippen LogP contribution >= 0.6 is 15.9 Å². The predicted molar refractivity (Wildman–Crippen MR) is 95.4 cm³/mol. The SMILES string of the molecule is CCNC(=NCc1c(C)noc1C)N(C)Cc1cc(Br)cn1C. The largest absolute Gasteiger partial charge is 0.361 e. The van der Waals surface area contributed by atoms with Crippen molar-refractivity contribution in [2.45, 2.75) is 33.9 Å². The lowest BCUT2D eigenvalue weighted by atomic mass is 10.2. The zero-order valence-corrected chi connectivity index (χ0v) is 15.9. The average molecular weight is 382 g/mol. The highest BCUT2D eigenvalue weighted by Gasteiger charge is 2.12. The Labute approximate surface area is 145 Å². The second kappa shape index (κ2) is 7.68. The Balaban J connectivity index is 2.13. The summed E-state index contributed by atoms with van der Waals surface area (Å²) in [6.07, 6.45) is 2.05. The monoisotopic (exact) mass is 381 g/mol. The first-order valence-corrected chi connectivity index (χ1v) is 8.43. The number of aliphatic imine (C=N–C) groups is 1. The van der Waals surface area contributed by atoms with Crippen LogP contribution in [0.25, 0.3) is 0 Å². The molecule has 0 saturated heterocycles. The van der Waals surface area contributed by atoms with Gasteiger partial charge in [-0.2, -0.15) is 0 Å². The van der Waals surface area contributed by atoms with Gasteiger partial charge >= 0.3 is 0 Å². The maximum Gasteiger partial charge on any atom is 0.194 e. The van der Waals surface area contributed by atoms with Crippen LogP contribution in [0.3, 0.4) is 0 Å². The van der Waals surface area contributed by atoms with Crippen molar-refractivity contribution in [3.63, 3.8) is 0 Å². The molecule has 2 heterocycles. The topological polar surface area (TPSA) is 58.6 Å². The molecule has 0 amide bonds. The van der Waals surface area contributed by atoms with Crippen LogP contribution in [0.2, 0.25) is 0 Å². The van der Waals surface area contributed by atoms with Crippen LogP contribution in [0, 0.1) is 13.8 Å². The summed E-state index contributed by atoms with van der Waals surface area (Å²) in [4.78, 5) is 6.84. The van der Waals surface area contributed by atoms with Gasteiger partial charge in [-0.25, -0.2) is 4.99 Å². The average Bonchev–Trinajstić information content (AvgIpc) is 2.97. The summed E-state index contributed by atoms with van der Waals surface area (Å²) in [5.41, 5.74) is 3.16. The van der Waals surface area contributed by atoms with Crippen LogP contribution in [-0.2, 0) is 20.1 Å². The molecule has 0 aliphatic carbocycles. The third-order valence-electron chi connectivity index (χ3n) is 3.74. The van der Waals surface area contributed by atoms with E-state index in [2.05, 4.69) is 55.1 Å². The third kappa shape index (κ3) is 4.37. The van der Waals surface area contributed by atoms with Gasteiger partial charge in [-0.15, -0.1) is 0 Å². The number of nitrogens with one attached hydrogen (secondary N) is 1. The van der Waals surface area contributed by atoms with Gasteiger partial charge in [-0.1, -0.05) is 5.16 Å². The molecule has 0 saturated carbocycles. The Bertz CT molecular complexity index is 669. The van der Waals surface area contributed by atoms with E-state index in [1.165, 1.54) is 5.69 Å². The maximum atomic E-state index is 5.20. The molecule has 0 radical (unpaired) electrons. The molecule has 0 unspecified atom stereocenters. The summed E-state index contributed by atoms with van der Waals surface area (Å²) >= 11 is 3.51. The molecule has 2 aromatic heterocycles. The van der Waals surface area contributed by atoms with Gasteiger partial charge in [0.2, 0.25) is 0 Å². The lowest BCUT2D eigenvalue weighted by Crippen LogP contribution is -2.38. The van der Waals surface area contributed by atoms with Crippen molar-refractivity contribution in [3.8, 4) is 0 Å². The number of aromatic nitrogens is 2. The molecule has 0 fully saturated rings. The number of halogens is 1. The standard InChI is InChI=1S/C16H24BrN5O/c1-6-18-16(19-8-15-11(2)20-23-12(15)3)22(5)10-14-7-13(17)9-21(14)4/h7,9H,6,8,10H2,1-5H3,(H,18,19). The first kappa shape index (κ1) is 17.6. The normalized spacial score (nSPS) is 11.8. The second-order valence-corrected chi connectivity index (χ2v) is 6.51. The first-order chi connectivity index (χ1) is 10.9. The Hall–Kier alpha value is -1.76. The third-order valence-corrected chi connectivity index (χ3v) is 4.17. The van der Waals surface area contributed by atoms with Crippen LogP contribution in [0.5, 0.6) is 0 Å². The zero-order valence-electron chi connectivity index (χ0n) is 14.4. The van der Waals surface area contributed by atoms with E-state index in [1.54, 1.807) is 0 Å². The number of hydrogen-bond donors (Lipinski definition) is 1. The van der Waals surface area contributed by atoms with Crippen LogP contribution in [0.15, 0.2) is 26.3 Å². The van der Waals surface area contributed by atoms with Crippen molar-refractivity contribution in [3.05, 3.63) is 39.4 Å². The molecule has 0 spiro atoms. The maximum absolute atomic E-state index is 5.20. The zero-order chi connectivity index (χ0) is 17.0. The molecule has 1 N–H and O–H groups in total. The Morgan fingerprint density at radius 3 is 2.74 bits per heavy atom. The Kier molecular flexibility index (Phi) is 5.87. The minimum absolute atomic E-state index is 0.560. The molecular formula is C16H24BrN5O. The second-order valence-electron chi connectivity index (χ2n) is 5.59. The molecule has 7 heteroatoms. The van der Waals surface area contributed by atoms with Crippen molar-refractivity contribution in [1.82, 2.24) is 19.9 Å². The number of guanidine groups is 1. The highest BCUT2D eigenvalue weighted by atomic mass is 79.9. The summed E-state index contributed by atoms with van der Waals surface area (Å²) in [6, 6.07) is 2.12. The van der Waals surface area contributed by atoms with Gasteiger partial charge in [-0.05, 0) is 42.8 Å². The highest BCUT2D eigenvalue weighted by molar-refractivity contribution is 9.10. The number of aryl methyl sites for hydroxylation is 3. The fourth-order valence-electron chi connectivity index (χ4n) is 2.39. The molecule has 0 aromatic carbocycles. The summed E-state index contributed by atoms with van der Waals surface area (Å²) in [5, 5.41) is 7.31. The minimum atomic E-state index is 0.560. The van der Waals surface area contributed by atoms with E-state index in [-0.39, 0.29) is 0 Å². The summed E-state index contributed by atoms with van der Waals surface area (Å²) < 4.78 is 8.39.